The van der Waals surface area contributed by atoms with E-state index in [0.717, 1.165) is 11.1 Å². The molecule has 0 aromatic heterocycles. The molecule has 100 valence electrons. The molecule has 0 aliphatic carbocycles. The zero-order valence-corrected chi connectivity index (χ0v) is 11.6. The van der Waals surface area contributed by atoms with E-state index in [2.05, 4.69) is 5.32 Å². The minimum Gasteiger partial charge on any atom is -0.495 e. The average molecular weight is 280 g/mol. The quantitative estimate of drug-likeness (QED) is 0.917. The number of ether oxygens (including phenoxy) is 1. The van der Waals surface area contributed by atoms with Crippen LogP contribution in [0.3, 0.4) is 0 Å². The smallest absolute Gasteiger partial charge is 0.138 e. The fraction of sp³-hybridized carbons (Fsp3) is 0.200. The number of methoxy groups -OCH3 is 1. The molecule has 2 aromatic carbocycles. The summed E-state index contributed by atoms with van der Waals surface area (Å²) in [5, 5.41) is 3.50. The number of hydrogen-bond donors (Lipinski definition) is 1. The van der Waals surface area contributed by atoms with Crippen molar-refractivity contribution in [2.45, 2.75) is 6.54 Å². The second-order valence-corrected chi connectivity index (χ2v) is 4.60. The number of halogens is 2. The highest BCUT2D eigenvalue weighted by molar-refractivity contribution is 6.32. The maximum atomic E-state index is 14.1. The van der Waals surface area contributed by atoms with Crippen molar-refractivity contribution in [3.8, 4) is 16.9 Å². The van der Waals surface area contributed by atoms with Crippen LogP contribution >= 0.6 is 11.6 Å². The minimum absolute atomic E-state index is 0.253. The molecule has 0 radical (unpaired) electrons. The molecule has 0 aliphatic heterocycles. The van der Waals surface area contributed by atoms with Crippen molar-refractivity contribution in [3.05, 3.63) is 52.8 Å². The number of hydrogen-bond acceptors (Lipinski definition) is 2. The fourth-order valence-corrected chi connectivity index (χ4v) is 2.13. The average Bonchev–Trinajstić information content (AvgIpc) is 2.40. The van der Waals surface area contributed by atoms with Gasteiger partial charge in [0.25, 0.3) is 0 Å². The summed E-state index contributed by atoms with van der Waals surface area (Å²) < 4.78 is 19.2. The van der Waals surface area contributed by atoms with Crippen LogP contribution in [0.1, 0.15) is 5.56 Å². The topological polar surface area (TPSA) is 21.3 Å². The van der Waals surface area contributed by atoms with Gasteiger partial charge in [0, 0.05) is 12.1 Å². The molecule has 19 heavy (non-hydrogen) atoms. The van der Waals surface area contributed by atoms with Crippen LogP contribution in [-0.4, -0.2) is 14.2 Å². The minimum atomic E-state index is -0.253. The molecule has 0 amide bonds. The predicted molar refractivity (Wildman–Crippen MR) is 76.2 cm³/mol. The Morgan fingerprint density at radius 3 is 2.63 bits per heavy atom. The van der Waals surface area contributed by atoms with E-state index in [0.29, 0.717) is 22.9 Å². The molecule has 4 heteroatoms. The summed E-state index contributed by atoms with van der Waals surface area (Å²) in [4.78, 5) is 0. The van der Waals surface area contributed by atoms with Gasteiger partial charge in [-0.05, 0) is 36.4 Å². The SMILES string of the molecule is CNCc1ccc(-c2ccc(Cl)c(OC)c2)c(F)c1. The standard InChI is InChI=1S/C15H15ClFNO/c1-18-9-10-3-5-12(14(17)7-10)11-4-6-13(16)15(8-11)19-2/h3-8,18H,9H2,1-2H3. The largest absolute Gasteiger partial charge is 0.495 e. The second kappa shape index (κ2) is 6.04. The van der Waals surface area contributed by atoms with E-state index in [-0.39, 0.29) is 5.82 Å². The molecule has 0 heterocycles. The van der Waals surface area contributed by atoms with Gasteiger partial charge in [-0.2, -0.15) is 0 Å². The maximum absolute atomic E-state index is 14.1. The van der Waals surface area contributed by atoms with E-state index < -0.39 is 0 Å². The lowest BCUT2D eigenvalue weighted by molar-refractivity contribution is 0.415. The highest BCUT2D eigenvalue weighted by atomic mass is 35.5. The van der Waals surface area contributed by atoms with Gasteiger partial charge >= 0.3 is 0 Å². The van der Waals surface area contributed by atoms with Crippen LogP contribution in [0.15, 0.2) is 36.4 Å². The van der Waals surface area contributed by atoms with Crippen molar-refractivity contribution in [1.29, 1.82) is 0 Å². The highest BCUT2D eigenvalue weighted by Crippen LogP contribution is 2.31. The third-order valence-corrected chi connectivity index (χ3v) is 3.19. The fourth-order valence-electron chi connectivity index (χ4n) is 1.93. The molecule has 0 fully saturated rings. The predicted octanol–water partition coefficient (Wildman–Crippen LogP) is 3.87. The van der Waals surface area contributed by atoms with Crippen molar-refractivity contribution in [2.75, 3.05) is 14.2 Å². The van der Waals surface area contributed by atoms with E-state index in [1.807, 2.05) is 13.1 Å². The van der Waals surface area contributed by atoms with Crippen molar-refractivity contribution in [1.82, 2.24) is 5.32 Å². The second-order valence-electron chi connectivity index (χ2n) is 4.19. The van der Waals surface area contributed by atoms with Gasteiger partial charge in [-0.3, -0.25) is 0 Å². The molecule has 0 saturated heterocycles. The third-order valence-electron chi connectivity index (χ3n) is 2.88. The summed E-state index contributed by atoms with van der Waals surface area (Å²) in [6, 6.07) is 10.4. The van der Waals surface area contributed by atoms with Gasteiger partial charge in [-0.15, -0.1) is 0 Å². The molecule has 0 spiro atoms. The third kappa shape index (κ3) is 3.06. The molecule has 2 rings (SSSR count). The summed E-state index contributed by atoms with van der Waals surface area (Å²) in [6.07, 6.45) is 0. The van der Waals surface area contributed by atoms with Crippen LogP contribution in [0.2, 0.25) is 5.02 Å². The number of nitrogens with one attached hydrogen (secondary N) is 1. The Hall–Kier alpha value is -1.58. The Bertz CT molecular complexity index is 586. The molecule has 0 saturated carbocycles. The summed E-state index contributed by atoms with van der Waals surface area (Å²) in [6.45, 7) is 0.640. The molecule has 2 aromatic rings. The zero-order chi connectivity index (χ0) is 13.8. The van der Waals surface area contributed by atoms with Crippen LogP contribution in [0.5, 0.6) is 5.75 Å². The van der Waals surface area contributed by atoms with Crippen LogP contribution in [0.4, 0.5) is 4.39 Å². The van der Waals surface area contributed by atoms with E-state index in [4.69, 9.17) is 16.3 Å². The van der Waals surface area contributed by atoms with Gasteiger partial charge < -0.3 is 10.1 Å². The number of benzene rings is 2. The molecular weight excluding hydrogens is 265 g/mol. The van der Waals surface area contributed by atoms with Crippen molar-refractivity contribution < 1.29 is 9.13 Å². The van der Waals surface area contributed by atoms with Crippen molar-refractivity contribution >= 4 is 11.6 Å². The zero-order valence-electron chi connectivity index (χ0n) is 10.8. The van der Waals surface area contributed by atoms with E-state index in [1.54, 1.807) is 24.3 Å². The lowest BCUT2D eigenvalue weighted by Gasteiger charge is -2.09. The lowest BCUT2D eigenvalue weighted by Crippen LogP contribution is -2.05. The van der Waals surface area contributed by atoms with E-state index in [9.17, 15) is 4.39 Å². The molecule has 0 bridgehead atoms. The van der Waals surface area contributed by atoms with Gasteiger partial charge in [-0.1, -0.05) is 29.8 Å². The first-order valence-electron chi connectivity index (χ1n) is 5.92. The maximum Gasteiger partial charge on any atom is 0.138 e. The summed E-state index contributed by atoms with van der Waals surface area (Å²) in [7, 11) is 3.37. The van der Waals surface area contributed by atoms with Crippen molar-refractivity contribution in [3.63, 3.8) is 0 Å². The van der Waals surface area contributed by atoms with E-state index >= 15 is 0 Å². The molecule has 1 N–H and O–H groups in total. The molecule has 0 atom stereocenters. The highest BCUT2D eigenvalue weighted by Gasteiger charge is 2.09. The first kappa shape index (κ1) is 13.8. The normalized spacial score (nSPS) is 10.5. The molecular formula is C15H15ClFNO. The monoisotopic (exact) mass is 279 g/mol. The van der Waals surface area contributed by atoms with E-state index in [1.165, 1.54) is 13.2 Å². The van der Waals surface area contributed by atoms with Gasteiger partial charge in [0.05, 0.1) is 12.1 Å². The van der Waals surface area contributed by atoms with Gasteiger partial charge in [0.15, 0.2) is 0 Å². The first-order chi connectivity index (χ1) is 9.15. The van der Waals surface area contributed by atoms with Gasteiger partial charge in [-0.25, -0.2) is 4.39 Å². The Labute approximate surface area is 117 Å². The lowest BCUT2D eigenvalue weighted by atomic mass is 10.0. The van der Waals surface area contributed by atoms with Gasteiger partial charge in [0.2, 0.25) is 0 Å². The van der Waals surface area contributed by atoms with Crippen LogP contribution in [0, 0.1) is 5.82 Å². The molecule has 0 aliphatic rings. The summed E-state index contributed by atoms with van der Waals surface area (Å²) in [5.74, 6) is 0.287. The molecule has 0 unspecified atom stereocenters. The summed E-state index contributed by atoms with van der Waals surface area (Å²) >= 11 is 5.96. The Morgan fingerprint density at radius 1 is 1.21 bits per heavy atom. The Balaban J connectivity index is 2.41. The molecule has 2 nitrogen and oxygen atoms in total. The van der Waals surface area contributed by atoms with Crippen LogP contribution in [0.25, 0.3) is 11.1 Å². The first-order valence-corrected chi connectivity index (χ1v) is 6.30. The van der Waals surface area contributed by atoms with Crippen molar-refractivity contribution in [2.24, 2.45) is 0 Å². The number of rotatable bonds is 4. The Kier molecular flexibility index (Phi) is 4.40. The van der Waals surface area contributed by atoms with Crippen LogP contribution < -0.4 is 10.1 Å². The van der Waals surface area contributed by atoms with Gasteiger partial charge in [0.1, 0.15) is 11.6 Å². The van der Waals surface area contributed by atoms with Crippen LogP contribution in [-0.2, 0) is 6.54 Å². The summed E-state index contributed by atoms with van der Waals surface area (Å²) in [5.41, 5.74) is 2.19. The Morgan fingerprint density at radius 2 is 2.00 bits per heavy atom.